The molecule has 0 bridgehead atoms. The molecule has 1 aliphatic heterocycles. The first-order chi connectivity index (χ1) is 14.9. The molecule has 0 aliphatic carbocycles. The fourth-order valence-electron chi connectivity index (χ4n) is 3.47. The molecule has 1 aliphatic rings. The summed E-state index contributed by atoms with van der Waals surface area (Å²) in [5.41, 5.74) is 3.42. The molecule has 3 atom stereocenters. The Bertz CT molecular complexity index is 899. The Balaban J connectivity index is 1.35. The first-order valence-corrected chi connectivity index (χ1v) is 10.3. The fourth-order valence-corrected chi connectivity index (χ4v) is 3.47. The molecule has 0 N–H and O–H groups in total. The van der Waals surface area contributed by atoms with E-state index in [0.717, 1.165) is 16.7 Å². The number of aliphatic imine (C=N–C) groups is 1. The first kappa shape index (κ1) is 20.5. The van der Waals surface area contributed by atoms with E-state index >= 15 is 0 Å². The van der Waals surface area contributed by atoms with Crippen molar-refractivity contribution >= 4 is 6.21 Å². The monoisotopic (exact) mass is 401 g/mol. The minimum absolute atomic E-state index is 0.0850. The lowest BCUT2D eigenvalue weighted by molar-refractivity contribution is -0.0682. The van der Waals surface area contributed by atoms with Gasteiger partial charge in [0.25, 0.3) is 0 Å². The zero-order valence-corrected chi connectivity index (χ0v) is 17.0. The summed E-state index contributed by atoms with van der Waals surface area (Å²) in [4.78, 5) is 4.65. The van der Waals surface area contributed by atoms with Gasteiger partial charge in [0, 0.05) is 6.21 Å². The summed E-state index contributed by atoms with van der Waals surface area (Å²) in [6, 6.07) is 30.4. The molecule has 0 saturated carbocycles. The van der Waals surface area contributed by atoms with Crippen LogP contribution in [0.5, 0.6) is 0 Å². The summed E-state index contributed by atoms with van der Waals surface area (Å²) in [6.45, 7) is 2.11. The van der Waals surface area contributed by atoms with E-state index in [1.165, 1.54) is 0 Å². The van der Waals surface area contributed by atoms with Crippen LogP contribution < -0.4 is 0 Å². The topological polar surface area (TPSA) is 40.0 Å². The fraction of sp³-hybridized carbons (Fsp3) is 0.269. The van der Waals surface area contributed by atoms with E-state index in [2.05, 4.69) is 41.4 Å². The highest BCUT2D eigenvalue weighted by molar-refractivity contribution is 5.67. The van der Waals surface area contributed by atoms with Crippen LogP contribution in [-0.2, 0) is 34.0 Å². The van der Waals surface area contributed by atoms with Gasteiger partial charge in [0.15, 0.2) is 0 Å². The molecule has 0 fully saturated rings. The molecule has 1 heterocycles. The molecule has 0 amide bonds. The Morgan fingerprint density at radius 3 is 1.67 bits per heavy atom. The van der Waals surface area contributed by atoms with E-state index in [-0.39, 0.29) is 18.2 Å². The Hall–Kier alpha value is -2.79. The molecular formula is C26H27NO3. The van der Waals surface area contributed by atoms with Gasteiger partial charge in [-0.1, -0.05) is 91.0 Å². The maximum atomic E-state index is 6.28. The third-order valence-electron chi connectivity index (χ3n) is 5.10. The number of hydrogen-bond donors (Lipinski definition) is 0. The van der Waals surface area contributed by atoms with Gasteiger partial charge < -0.3 is 14.2 Å². The van der Waals surface area contributed by atoms with E-state index in [1.54, 1.807) is 0 Å². The zero-order chi connectivity index (χ0) is 20.4. The van der Waals surface area contributed by atoms with E-state index in [0.29, 0.717) is 26.4 Å². The highest BCUT2D eigenvalue weighted by Crippen LogP contribution is 2.21. The Labute approximate surface area is 178 Å². The summed E-state index contributed by atoms with van der Waals surface area (Å²) in [6.07, 6.45) is 1.50. The van der Waals surface area contributed by atoms with Gasteiger partial charge in [-0.3, -0.25) is 4.99 Å². The average Bonchev–Trinajstić information content (AvgIpc) is 3.20. The summed E-state index contributed by atoms with van der Waals surface area (Å²) < 4.78 is 18.4. The lowest BCUT2D eigenvalue weighted by atomic mass is 10.1. The number of nitrogens with zero attached hydrogens (tertiary/aromatic N) is 1. The molecule has 3 aromatic rings. The van der Waals surface area contributed by atoms with Crippen molar-refractivity contribution in [1.29, 1.82) is 0 Å². The largest absolute Gasteiger partial charge is 0.374 e. The van der Waals surface area contributed by atoms with Crippen LogP contribution in [0.15, 0.2) is 96.0 Å². The third kappa shape index (κ3) is 5.86. The van der Waals surface area contributed by atoms with Crippen LogP contribution in [-0.4, -0.2) is 31.1 Å². The van der Waals surface area contributed by atoms with Gasteiger partial charge in [-0.05, 0) is 16.7 Å². The predicted molar refractivity (Wildman–Crippen MR) is 118 cm³/mol. The van der Waals surface area contributed by atoms with Crippen molar-refractivity contribution in [3.05, 3.63) is 108 Å². The lowest BCUT2D eigenvalue weighted by Gasteiger charge is -2.24. The molecule has 0 saturated heterocycles. The molecule has 0 aromatic heterocycles. The first-order valence-electron chi connectivity index (χ1n) is 10.3. The minimum Gasteiger partial charge on any atom is -0.374 e. The third-order valence-corrected chi connectivity index (χ3v) is 5.10. The molecule has 4 heteroatoms. The van der Waals surface area contributed by atoms with E-state index in [4.69, 9.17) is 14.2 Å². The van der Waals surface area contributed by atoms with Gasteiger partial charge in [-0.15, -0.1) is 0 Å². The van der Waals surface area contributed by atoms with Crippen LogP contribution in [0.1, 0.15) is 16.7 Å². The van der Waals surface area contributed by atoms with E-state index in [1.807, 2.05) is 60.8 Å². The molecule has 0 spiro atoms. The molecule has 4 nitrogen and oxygen atoms in total. The average molecular weight is 402 g/mol. The van der Waals surface area contributed by atoms with Crippen molar-refractivity contribution in [3.63, 3.8) is 0 Å². The highest BCUT2D eigenvalue weighted by atomic mass is 16.5. The van der Waals surface area contributed by atoms with Gasteiger partial charge in [0.1, 0.15) is 18.2 Å². The van der Waals surface area contributed by atoms with Crippen LogP contribution in [0.2, 0.25) is 0 Å². The number of benzene rings is 3. The minimum atomic E-state index is -0.195. The van der Waals surface area contributed by atoms with Crippen LogP contribution in [0.4, 0.5) is 0 Å². The van der Waals surface area contributed by atoms with Crippen LogP contribution in [0.25, 0.3) is 0 Å². The van der Waals surface area contributed by atoms with Gasteiger partial charge >= 0.3 is 0 Å². The van der Waals surface area contributed by atoms with Gasteiger partial charge in [0.2, 0.25) is 0 Å². The van der Waals surface area contributed by atoms with E-state index in [9.17, 15) is 0 Å². The lowest BCUT2D eigenvalue weighted by Crippen LogP contribution is -2.38. The smallest absolute Gasteiger partial charge is 0.121 e. The van der Waals surface area contributed by atoms with Gasteiger partial charge in [-0.25, -0.2) is 0 Å². The van der Waals surface area contributed by atoms with Crippen molar-refractivity contribution in [1.82, 2.24) is 0 Å². The van der Waals surface area contributed by atoms with E-state index < -0.39 is 0 Å². The molecule has 154 valence electrons. The second-order valence-corrected chi connectivity index (χ2v) is 7.39. The van der Waals surface area contributed by atoms with Crippen LogP contribution in [0, 0.1) is 0 Å². The Kier molecular flexibility index (Phi) is 7.40. The molecule has 4 rings (SSSR count). The second kappa shape index (κ2) is 10.8. The molecule has 3 aromatic carbocycles. The SMILES string of the molecule is C1=N[C@H](COCc2ccccc2)[C@@H](OCc2ccccc2)[C@H]1OCc1ccccc1. The summed E-state index contributed by atoms with van der Waals surface area (Å²) in [5, 5.41) is 0. The molecule has 30 heavy (non-hydrogen) atoms. The van der Waals surface area contributed by atoms with Crippen molar-refractivity contribution < 1.29 is 14.2 Å². The summed E-state index contributed by atoms with van der Waals surface area (Å²) >= 11 is 0. The Morgan fingerprint density at radius 2 is 1.10 bits per heavy atom. The Morgan fingerprint density at radius 1 is 0.600 bits per heavy atom. The normalized spacial score (nSPS) is 20.5. The second-order valence-electron chi connectivity index (χ2n) is 7.39. The molecule has 0 radical (unpaired) electrons. The molecular weight excluding hydrogens is 374 g/mol. The van der Waals surface area contributed by atoms with Crippen LogP contribution >= 0.6 is 0 Å². The number of rotatable bonds is 10. The maximum Gasteiger partial charge on any atom is 0.121 e. The highest BCUT2D eigenvalue weighted by Gasteiger charge is 2.35. The summed E-state index contributed by atoms with van der Waals surface area (Å²) in [5.74, 6) is 0. The van der Waals surface area contributed by atoms with Gasteiger partial charge in [0.05, 0.1) is 26.4 Å². The predicted octanol–water partition coefficient (Wildman–Crippen LogP) is 4.83. The standard InChI is InChI=1S/C26H27NO3/c1-4-10-21(11-5-1)17-28-20-24-26(30-19-23-14-8-3-9-15-23)25(16-27-24)29-18-22-12-6-2-7-13-22/h1-16,24-26H,17-20H2/t24-,25+,26-/m1/s1. The van der Waals surface area contributed by atoms with Gasteiger partial charge in [-0.2, -0.15) is 0 Å². The maximum absolute atomic E-state index is 6.28. The quantitative estimate of drug-likeness (QED) is 0.489. The summed E-state index contributed by atoms with van der Waals surface area (Å²) in [7, 11) is 0. The van der Waals surface area contributed by atoms with Crippen LogP contribution in [0.3, 0.4) is 0 Å². The van der Waals surface area contributed by atoms with Crippen molar-refractivity contribution in [2.24, 2.45) is 4.99 Å². The zero-order valence-electron chi connectivity index (χ0n) is 17.0. The number of ether oxygens (including phenoxy) is 3. The van der Waals surface area contributed by atoms with Crippen molar-refractivity contribution in [2.45, 2.75) is 38.1 Å². The van der Waals surface area contributed by atoms with Crippen molar-refractivity contribution in [3.8, 4) is 0 Å². The van der Waals surface area contributed by atoms with Crippen molar-refractivity contribution in [2.75, 3.05) is 6.61 Å². The number of hydrogen-bond acceptors (Lipinski definition) is 4. The molecule has 0 unspecified atom stereocenters.